The third-order valence-corrected chi connectivity index (χ3v) is 4.73. The van der Waals surface area contributed by atoms with Gasteiger partial charge in [0.25, 0.3) is 0 Å². The van der Waals surface area contributed by atoms with E-state index in [-0.39, 0.29) is 12.0 Å². The molecule has 3 rings (SSSR count). The summed E-state index contributed by atoms with van der Waals surface area (Å²) in [6.45, 7) is 5.50. The molecule has 2 aliphatic rings. The molecule has 1 N–H and O–H groups in total. The maximum absolute atomic E-state index is 9.61. The fourth-order valence-electron chi connectivity index (χ4n) is 3.13. The van der Waals surface area contributed by atoms with Gasteiger partial charge in [-0.3, -0.25) is 0 Å². The fourth-order valence-corrected chi connectivity index (χ4v) is 3.28. The number of benzene rings is 1. The first kappa shape index (κ1) is 13.2. The second-order valence-electron chi connectivity index (χ2n) is 5.86. The van der Waals surface area contributed by atoms with Crippen molar-refractivity contribution in [3.8, 4) is 0 Å². The normalized spacial score (nSPS) is 20.9. The number of fused-ring (bicyclic) bond motifs is 1. The van der Waals surface area contributed by atoms with Crippen LogP contribution in [0.4, 0.5) is 5.69 Å². The summed E-state index contributed by atoms with van der Waals surface area (Å²) in [5.74, 6) is 0. The predicted octanol–water partition coefficient (Wildman–Crippen LogP) is 2.41. The number of hydrogen-bond acceptors (Lipinski definition) is 3. The van der Waals surface area contributed by atoms with Crippen LogP contribution in [0.5, 0.6) is 0 Å². The van der Waals surface area contributed by atoms with Crippen LogP contribution < -0.4 is 4.90 Å². The number of aliphatic hydroxyl groups excluding tert-OH is 1. The minimum absolute atomic E-state index is 0.0800. The van der Waals surface area contributed by atoms with Gasteiger partial charge >= 0.3 is 0 Å². The van der Waals surface area contributed by atoms with Crippen LogP contribution in [-0.4, -0.2) is 38.0 Å². The molecule has 3 nitrogen and oxygen atoms in total. The van der Waals surface area contributed by atoms with E-state index in [4.69, 9.17) is 16.3 Å². The monoisotopic (exact) mass is 281 g/mol. The van der Waals surface area contributed by atoms with Crippen molar-refractivity contribution in [2.24, 2.45) is 5.41 Å². The van der Waals surface area contributed by atoms with Crippen LogP contribution in [0.3, 0.4) is 0 Å². The van der Waals surface area contributed by atoms with Crippen molar-refractivity contribution in [1.82, 2.24) is 0 Å². The smallest absolute Gasteiger partial charge is 0.0584 e. The Bertz CT molecular complexity index is 480. The largest absolute Gasteiger partial charge is 0.396 e. The highest BCUT2D eigenvalue weighted by Crippen LogP contribution is 2.38. The van der Waals surface area contributed by atoms with Crippen LogP contribution in [0.25, 0.3) is 0 Å². The van der Waals surface area contributed by atoms with Crippen LogP contribution in [0, 0.1) is 12.3 Å². The lowest BCUT2D eigenvalue weighted by Crippen LogP contribution is -2.54. The number of aryl methyl sites for hydroxylation is 1. The van der Waals surface area contributed by atoms with E-state index in [0.717, 1.165) is 36.5 Å². The predicted molar refractivity (Wildman–Crippen MR) is 77.1 cm³/mol. The first-order valence-corrected chi connectivity index (χ1v) is 7.25. The Morgan fingerprint density at radius 2 is 2.21 bits per heavy atom. The molecule has 2 aliphatic heterocycles. The topological polar surface area (TPSA) is 32.7 Å². The SMILES string of the molecule is Cc1c(Cl)ccc2c1N(CC1(CO)COC1)CCC2. The van der Waals surface area contributed by atoms with Gasteiger partial charge in [-0.25, -0.2) is 0 Å². The summed E-state index contributed by atoms with van der Waals surface area (Å²) in [4.78, 5) is 2.39. The molecule has 0 atom stereocenters. The van der Waals surface area contributed by atoms with E-state index in [2.05, 4.69) is 17.9 Å². The Hall–Kier alpha value is -0.770. The van der Waals surface area contributed by atoms with Crippen molar-refractivity contribution >= 4 is 17.3 Å². The zero-order valence-electron chi connectivity index (χ0n) is 11.3. The average Bonchev–Trinajstić information content (AvgIpc) is 2.38. The Kier molecular flexibility index (Phi) is 3.46. The van der Waals surface area contributed by atoms with Crippen LogP contribution in [-0.2, 0) is 11.2 Å². The molecule has 0 aliphatic carbocycles. The highest BCUT2D eigenvalue weighted by Gasteiger charge is 2.40. The van der Waals surface area contributed by atoms with Crippen molar-refractivity contribution in [2.45, 2.75) is 19.8 Å². The standard InChI is InChI=1S/C15H20ClNO2/c1-11-13(16)5-4-12-3-2-6-17(14(11)12)7-15(8-18)9-19-10-15/h4-5,18H,2-3,6-10H2,1H3. The van der Waals surface area contributed by atoms with E-state index in [1.165, 1.54) is 11.3 Å². The molecule has 4 heteroatoms. The average molecular weight is 282 g/mol. The van der Waals surface area contributed by atoms with Crippen molar-refractivity contribution < 1.29 is 9.84 Å². The van der Waals surface area contributed by atoms with Gasteiger partial charge in [0.1, 0.15) is 0 Å². The number of anilines is 1. The van der Waals surface area contributed by atoms with Crippen molar-refractivity contribution in [2.75, 3.05) is 37.8 Å². The molecule has 2 heterocycles. The van der Waals surface area contributed by atoms with Gasteiger partial charge in [0.2, 0.25) is 0 Å². The molecule has 1 fully saturated rings. The second-order valence-corrected chi connectivity index (χ2v) is 6.26. The summed E-state index contributed by atoms with van der Waals surface area (Å²) in [6.07, 6.45) is 2.28. The molecular weight excluding hydrogens is 262 g/mol. The lowest BCUT2D eigenvalue weighted by molar-refractivity contribution is -0.131. The molecule has 0 aromatic heterocycles. The zero-order valence-corrected chi connectivity index (χ0v) is 12.0. The third-order valence-electron chi connectivity index (χ3n) is 4.32. The van der Waals surface area contributed by atoms with Gasteiger partial charge in [-0.15, -0.1) is 0 Å². The summed E-state index contributed by atoms with van der Waals surface area (Å²) < 4.78 is 5.30. The minimum Gasteiger partial charge on any atom is -0.396 e. The highest BCUT2D eigenvalue weighted by molar-refractivity contribution is 6.31. The molecule has 0 bridgehead atoms. The number of rotatable bonds is 3. The van der Waals surface area contributed by atoms with Crippen LogP contribution in [0.1, 0.15) is 17.5 Å². The number of hydrogen-bond donors (Lipinski definition) is 1. The number of halogens is 1. The zero-order chi connectivity index (χ0) is 13.5. The van der Waals surface area contributed by atoms with E-state index < -0.39 is 0 Å². The lowest BCUT2D eigenvalue weighted by Gasteiger charge is -2.45. The van der Waals surface area contributed by atoms with Gasteiger partial charge < -0.3 is 14.7 Å². The van der Waals surface area contributed by atoms with Crippen molar-refractivity contribution in [3.05, 3.63) is 28.3 Å². The lowest BCUT2D eigenvalue weighted by atomic mass is 9.85. The summed E-state index contributed by atoms with van der Waals surface area (Å²) in [6, 6.07) is 4.13. The molecule has 0 amide bonds. The first-order valence-electron chi connectivity index (χ1n) is 6.87. The van der Waals surface area contributed by atoms with E-state index in [0.29, 0.717) is 13.2 Å². The van der Waals surface area contributed by atoms with Gasteiger partial charge in [0.05, 0.1) is 25.2 Å². The van der Waals surface area contributed by atoms with Gasteiger partial charge in [0, 0.05) is 23.8 Å². The Morgan fingerprint density at radius 1 is 1.42 bits per heavy atom. The second kappa shape index (κ2) is 4.97. The first-order chi connectivity index (χ1) is 9.15. The summed E-state index contributed by atoms with van der Waals surface area (Å²) >= 11 is 6.26. The minimum atomic E-state index is -0.0800. The van der Waals surface area contributed by atoms with Crippen molar-refractivity contribution in [1.29, 1.82) is 0 Å². The molecule has 19 heavy (non-hydrogen) atoms. The maximum atomic E-state index is 9.61. The molecule has 1 saturated heterocycles. The quantitative estimate of drug-likeness (QED) is 0.924. The van der Waals surface area contributed by atoms with E-state index in [9.17, 15) is 5.11 Å². The van der Waals surface area contributed by atoms with Crippen LogP contribution >= 0.6 is 11.6 Å². The van der Waals surface area contributed by atoms with Crippen LogP contribution in [0.15, 0.2) is 12.1 Å². The molecule has 1 aromatic carbocycles. The molecule has 0 unspecified atom stereocenters. The molecule has 1 aromatic rings. The van der Waals surface area contributed by atoms with Crippen molar-refractivity contribution in [3.63, 3.8) is 0 Å². The summed E-state index contributed by atoms with van der Waals surface area (Å²) in [5.41, 5.74) is 3.73. The Labute approximate surface area is 119 Å². The van der Waals surface area contributed by atoms with E-state index >= 15 is 0 Å². The number of aliphatic hydroxyl groups is 1. The maximum Gasteiger partial charge on any atom is 0.0584 e. The van der Waals surface area contributed by atoms with Gasteiger partial charge in [-0.1, -0.05) is 17.7 Å². The van der Waals surface area contributed by atoms with E-state index in [1.807, 2.05) is 6.07 Å². The summed E-state index contributed by atoms with van der Waals surface area (Å²) in [7, 11) is 0. The number of nitrogens with zero attached hydrogens (tertiary/aromatic N) is 1. The van der Waals surface area contributed by atoms with Gasteiger partial charge in [-0.05, 0) is 37.0 Å². The molecule has 0 radical (unpaired) electrons. The molecule has 104 valence electrons. The van der Waals surface area contributed by atoms with Gasteiger partial charge in [-0.2, -0.15) is 0 Å². The third kappa shape index (κ3) is 2.24. The van der Waals surface area contributed by atoms with Gasteiger partial charge in [0.15, 0.2) is 0 Å². The van der Waals surface area contributed by atoms with E-state index in [1.54, 1.807) is 0 Å². The summed E-state index contributed by atoms with van der Waals surface area (Å²) in [5, 5.41) is 10.4. The number of ether oxygens (including phenoxy) is 1. The highest BCUT2D eigenvalue weighted by atomic mass is 35.5. The molecule has 0 spiro atoms. The Balaban J connectivity index is 1.91. The fraction of sp³-hybridized carbons (Fsp3) is 0.600. The van der Waals surface area contributed by atoms with Crippen LogP contribution in [0.2, 0.25) is 5.02 Å². The molecule has 0 saturated carbocycles. The molecular formula is C15H20ClNO2. The Morgan fingerprint density at radius 3 is 2.84 bits per heavy atom.